The van der Waals surface area contributed by atoms with E-state index in [4.69, 9.17) is 4.74 Å². The van der Waals surface area contributed by atoms with Crippen molar-refractivity contribution in [2.24, 2.45) is 0 Å². The van der Waals surface area contributed by atoms with Crippen molar-refractivity contribution in [3.8, 4) is 22.8 Å². The molecule has 5 nitrogen and oxygen atoms in total. The van der Waals surface area contributed by atoms with Gasteiger partial charge in [0.05, 0.1) is 23.7 Å². The smallest absolute Gasteiger partial charge is 0.213 e. The Morgan fingerprint density at radius 1 is 1.13 bits per heavy atom. The van der Waals surface area contributed by atoms with Gasteiger partial charge < -0.3 is 4.74 Å². The molecule has 0 aliphatic heterocycles. The molecule has 0 amide bonds. The molecule has 23 heavy (non-hydrogen) atoms. The SMILES string of the molecule is CC(C)Oc1ccc(-n2nc(C=O)cc2-c2ccccc2)cn1. The average molecular weight is 307 g/mol. The molecule has 0 spiro atoms. The van der Waals surface area contributed by atoms with Crippen LogP contribution in [-0.4, -0.2) is 27.2 Å². The van der Waals surface area contributed by atoms with Gasteiger partial charge in [-0.2, -0.15) is 5.10 Å². The van der Waals surface area contributed by atoms with Gasteiger partial charge in [-0.15, -0.1) is 0 Å². The summed E-state index contributed by atoms with van der Waals surface area (Å²) in [6.07, 6.45) is 2.50. The summed E-state index contributed by atoms with van der Waals surface area (Å²) in [7, 11) is 0. The van der Waals surface area contributed by atoms with Crippen molar-refractivity contribution in [1.29, 1.82) is 0 Å². The minimum Gasteiger partial charge on any atom is -0.475 e. The normalized spacial score (nSPS) is 10.7. The first-order chi connectivity index (χ1) is 11.2. The topological polar surface area (TPSA) is 57.0 Å². The number of rotatable bonds is 5. The molecule has 116 valence electrons. The van der Waals surface area contributed by atoms with E-state index in [2.05, 4.69) is 10.1 Å². The van der Waals surface area contributed by atoms with Gasteiger partial charge in [-0.05, 0) is 26.0 Å². The number of aldehydes is 1. The molecular formula is C18H17N3O2. The van der Waals surface area contributed by atoms with Gasteiger partial charge in [0.15, 0.2) is 6.29 Å². The number of benzene rings is 1. The van der Waals surface area contributed by atoms with Gasteiger partial charge in [-0.3, -0.25) is 4.79 Å². The van der Waals surface area contributed by atoms with Gasteiger partial charge in [0.25, 0.3) is 0 Å². The largest absolute Gasteiger partial charge is 0.475 e. The molecule has 0 bridgehead atoms. The summed E-state index contributed by atoms with van der Waals surface area (Å²) in [5.41, 5.74) is 2.97. The third-order valence-electron chi connectivity index (χ3n) is 3.24. The predicted molar refractivity (Wildman–Crippen MR) is 87.9 cm³/mol. The van der Waals surface area contributed by atoms with E-state index in [1.165, 1.54) is 0 Å². The van der Waals surface area contributed by atoms with Crippen molar-refractivity contribution in [3.63, 3.8) is 0 Å². The minimum atomic E-state index is 0.0691. The maximum atomic E-state index is 11.1. The lowest BCUT2D eigenvalue weighted by atomic mass is 10.1. The zero-order valence-corrected chi connectivity index (χ0v) is 13.0. The first kappa shape index (κ1) is 15.0. The molecular weight excluding hydrogens is 290 g/mol. The summed E-state index contributed by atoms with van der Waals surface area (Å²) in [6, 6.07) is 15.2. The standard InChI is InChI=1S/C18H17N3O2/c1-13(2)23-18-9-8-16(11-19-18)21-17(10-15(12-22)20-21)14-6-4-3-5-7-14/h3-13H,1-2H3. The fourth-order valence-corrected chi connectivity index (χ4v) is 2.28. The monoisotopic (exact) mass is 307 g/mol. The molecule has 5 heteroatoms. The van der Waals surface area contributed by atoms with Gasteiger partial charge in [0, 0.05) is 11.6 Å². The lowest BCUT2D eigenvalue weighted by Crippen LogP contribution is -2.07. The Morgan fingerprint density at radius 2 is 1.91 bits per heavy atom. The van der Waals surface area contributed by atoms with Crippen LogP contribution < -0.4 is 4.74 Å². The Morgan fingerprint density at radius 3 is 2.52 bits per heavy atom. The summed E-state index contributed by atoms with van der Waals surface area (Å²) >= 11 is 0. The molecule has 0 saturated carbocycles. The maximum Gasteiger partial charge on any atom is 0.213 e. The van der Waals surface area contributed by atoms with Crippen LogP contribution in [0.15, 0.2) is 54.7 Å². The van der Waals surface area contributed by atoms with Crippen molar-refractivity contribution in [2.75, 3.05) is 0 Å². The van der Waals surface area contributed by atoms with Crippen LogP contribution in [-0.2, 0) is 0 Å². The molecule has 0 aliphatic rings. The van der Waals surface area contributed by atoms with Crippen LogP contribution in [0.4, 0.5) is 0 Å². The third-order valence-corrected chi connectivity index (χ3v) is 3.24. The van der Waals surface area contributed by atoms with Gasteiger partial charge in [-0.25, -0.2) is 9.67 Å². The predicted octanol–water partition coefficient (Wildman–Crippen LogP) is 3.53. The van der Waals surface area contributed by atoms with Crippen molar-refractivity contribution >= 4 is 6.29 Å². The molecule has 2 aromatic heterocycles. The second-order valence-electron chi connectivity index (χ2n) is 5.37. The number of carbonyl (C=O) groups excluding carboxylic acids is 1. The van der Waals surface area contributed by atoms with Crippen LogP contribution in [0, 0.1) is 0 Å². The van der Waals surface area contributed by atoms with Crippen LogP contribution in [0.25, 0.3) is 16.9 Å². The summed E-state index contributed by atoms with van der Waals surface area (Å²) in [6.45, 7) is 3.90. The molecule has 0 aliphatic carbocycles. The third kappa shape index (κ3) is 3.29. The summed E-state index contributed by atoms with van der Waals surface area (Å²) in [4.78, 5) is 15.4. The van der Waals surface area contributed by atoms with E-state index in [0.717, 1.165) is 23.2 Å². The Balaban J connectivity index is 2.02. The Labute approximate surface area is 134 Å². The highest BCUT2D eigenvalue weighted by Gasteiger charge is 2.12. The lowest BCUT2D eigenvalue weighted by molar-refractivity contribution is 0.111. The molecule has 0 unspecified atom stereocenters. The number of hydrogen-bond acceptors (Lipinski definition) is 4. The van der Waals surface area contributed by atoms with Gasteiger partial charge in [0.2, 0.25) is 5.88 Å². The molecule has 2 heterocycles. The molecule has 0 saturated heterocycles. The van der Waals surface area contributed by atoms with Gasteiger partial charge >= 0.3 is 0 Å². The Kier molecular flexibility index (Phi) is 4.19. The van der Waals surface area contributed by atoms with Gasteiger partial charge in [0.1, 0.15) is 5.69 Å². The van der Waals surface area contributed by atoms with E-state index in [-0.39, 0.29) is 6.10 Å². The van der Waals surface area contributed by atoms with Crippen molar-refractivity contribution < 1.29 is 9.53 Å². The zero-order valence-electron chi connectivity index (χ0n) is 13.0. The molecule has 3 rings (SSSR count). The van der Waals surface area contributed by atoms with E-state index < -0.39 is 0 Å². The second-order valence-corrected chi connectivity index (χ2v) is 5.37. The van der Waals surface area contributed by atoms with Crippen molar-refractivity contribution in [3.05, 3.63) is 60.4 Å². The fourth-order valence-electron chi connectivity index (χ4n) is 2.28. The van der Waals surface area contributed by atoms with Crippen LogP contribution in [0.5, 0.6) is 5.88 Å². The van der Waals surface area contributed by atoms with E-state index in [1.807, 2.05) is 50.2 Å². The number of pyridine rings is 1. The lowest BCUT2D eigenvalue weighted by Gasteiger charge is -2.10. The average Bonchev–Trinajstić information content (AvgIpc) is 3.00. The summed E-state index contributed by atoms with van der Waals surface area (Å²) < 4.78 is 7.26. The minimum absolute atomic E-state index is 0.0691. The van der Waals surface area contributed by atoms with Crippen LogP contribution >= 0.6 is 0 Å². The number of ether oxygens (including phenoxy) is 1. The molecule has 0 N–H and O–H groups in total. The maximum absolute atomic E-state index is 11.1. The molecule has 0 atom stereocenters. The number of carbonyl (C=O) groups is 1. The molecule has 3 aromatic rings. The first-order valence-electron chi connectivity index (χ1n) is 7.41. The van der Waals surface area contributed by atoms with Crippen molar-refractivity contribution in [2.45, 2.75) is 20.0 Å². The fraction of sp³-hybridized carbons (Fsp3) is 0.167. The van der Waals surface area contributed by atoms with Crippen LogP contribution in [0.1, 0.15) is 24.3 Å². The Hall–Kier alpha value is -2.95. The van der Waals surface area contributed by atoms with E-state index in [9.17, 15) is 4.79 Å². The van der Waals surface area contributed by atoms with Crippen LogP contribution in [0.3, 0.4) is 0 Å². The molecule has 0 fully saturated rings. The van der Waals surface area contributed by atoms with Crippen molar-refractivity contribution in [1.82, 2.24) is 14.8 Å². The summed E-state index contributed by atoms with van der Waals surface area (Å²) in [5.74, 6) is 0.563. The van der Waals surface area contributed by atoms with E-state index in [1.54, 1.807) is 23.0 Å². The highest BCUT2D eigenvalue weighted by molar-refractivity contribution is 5.76. The zero-order chi connectivity index (χ0) is 16.2. The highest BCUT2D eigenvalue weighted by atomic mass is 16.5. The second kappa shape index (κ2) is 6.44. The number of hydrogen-bond donors (Lipinski definition) is 0. The number of aromatic nitrogens is 3. The quantitative estimate of drug-likeness (QED) is 0.677. The molecule has 0 radical (unpaired) electrons. The number of nitrogens with zero attached hydrogens (tertiary/aromatic N) is 3. The van der Waals surface area contributed by atoms with Crippen LogP contribution in [0.2, 0.25) is 0 Å². The summed E-state index contributed by atoms with van der Waals surface area (Å²) in [5, 5.41) is 4.33. The van der Waals surface area contributed by atoms with E-state index in [0.29, 0.717) is 11.6 Å². The van der Waals surface area contributed by atoms with E-state index >= 15 is 0 Å². The Bertz CT molecular complexity index is 793. The van der Waals surface area contributed by atoms with Gasteiger partial charge in [-0.1, -0.05) is 30.3 Å². The highest BCUT2D eigenvalue weighted by Crippen LogP contribution is 2.24. The molecule has 1 aromatic carbocycles. The first-order valence-corrected chi connectivity index (χ1v) is 7.41.